The number of aromatic nitrogens is 1. The van der Waals surface area contributed by atoms with Crippen molar-refractivity contribution in [2.24, 2.45) is 0 Å². The highest BCUT2D eigenvalue weighted by Gasteiger charge is 2.11. The van der Waals surface area contributed by atoms with E-state index in [1.807, 2.05) is 0 Å². The fourth-order valence-electron chi connectivity index (χ4n) is 1.62. The van der Waals surface area contributed by atoms with E-state index in [-0.39, 0.29) is 12.1 Å². The summed E-state index contributed by atoms with van der Waals surface area (Å²) in [5, 5.41) is 13.0. The Morgan fingerprint density at radius 2 is 2.24 bits per heavy atom. The smallest absolute Gasteiger partial charge is 0.328 e. The van der Waals surface area contributed by atoms with Crippen LogP contribution < -0.4 is 5.32 Å². The molecule has 21 heavy (non-hydrogen) atoms. The number of carbonyl (C=O) groups is 2. The van der Waals surface area contributed by atoms with Crippen molar-refractivity contribution in [3.05, 3.63) is 57.8 Å². The van der Waals surface area contributed by atoms with Crippen LogP contribution in [-0.4, -0.2) is 22.0 Å². The minimum Gasteiger partial charge on any atom is -0.478 e. The molecule has 0 aromatic carbocycles. The summed E-state index contributed by atoms with van der Waals surface area (Å²) in [7, 11) is 0. The lowest BCUT2D eigenvalue weighted by molar-refractivity contribution is -0.131. The van der Waals surface area contributed by atoms with Crippen molar-refractivity contribution >= 4 is 29.3 Å². The van der Waals surface area contributed by atoms with E-state index in [2.05, 4.69) is 10.3 Å². The molecule has 0 aliphatic carbocycles. The first-order chi connectivity index (χ1) is 10.1. The second-order valence-electron chi connectivity index (χ2n) is 4.01. The first-order valence-corrected chi connectivity index (χ1v) is 6.81. The minimum atomic E-state index is -1.05. The maximum atomic E-state index is 13.4. The highest BCUT2D eigenvalue weighted by Crippen LogP contribution is 2.18. The van der Waals surface area contributed by atoms with Gasteiger partial charge < -0.3 is 10.4 Å². The third kappa shape index (κ3) is 3.96. The SMILES string of the molecule is O=C(O)/C=C/c1ccsc1CNC(=O)c1ccncc1F. The van der Waals surface area contributed by atoms with Gasteiger partial charge in [-0.25, -0.2) is 9.18 Å². The highest BCUT2D eigenvalue weighted by molar-refractivity contribution is 7.10. The Morgan fingerprint density at radius 3 is 2.95 bits per heavy atom. The van der Waals surface area contributed by atoms with Crippen LogP contribution in [0, 0.1) is 5.82 Å². The van der Waals surface area contributed by atoms with Gasteiger partial charge in [0.05, 0.1) is 18.3 Å². The molecule has 0 atom stereocenters. The molecule has 0 radical (unpaired) electrons. The van der Waals surface area contributed by atoms with Gasteiger partial charge in [-0.2, -0.15) is 0 Å². The van der Waals surface area contributed by atoms with Gasteiger partial charge in [0.25, 0.3) is 5.91 Å². The lowest BCUT2D eigenvalue weighted by atomic mass is 10.2. The van der Waals surface area contributed by atoms with E-state index in [4.69, 9.17) is 5.11 Å². The molecular weight excluding hydrogens is 295 g/mol. The standard InChI is InChI=1S/C14H11FN2O3S/c15-11-7-16-5-3-10(11)14(20)17-8-12-9(4-6-21-12)1-2-13(18)19/h1-7H,8H2,(H,17,20)(H,18,19)/b2-1+. The van der Waals surface area contributed by atoms with Gasteiger partial charge in [-0.3, -0.25) is 9.78 Å². The number of thiophene rings is 1. The van der Waals surface area contributed by atoms with Crippen LogP contribution in [0.5, 0.6) is 0 Å². The first-order valence-electron chi connectivity index (χ1n) is 5.93. The topological polar surface area (TPSA) is 79.3 Å². The number of pyridine rings is 1. The number of carboxylic acid groups (broad SMARTS) is 1. The normalized spacial score (nSPS) is 10.7. The summed E-state index contributed by atoms with van der Waals surface area (Å²) in [4.78, 5) is 26.7. The maximum Gasteiger partial charge on any atom is 0.328 e. The number of nitrogens with zero attached hydrogens (tertiary/aromatic N) is 1. The van der Waals surface area contributed by atoms with Crippen molar-refractivity contribution in [2.75, 3.05) is 0 Å². The van der Waals surface area contributed by atoms with Gasteiger partial charge in [-0.15, -0.1) is 11.3 Å². The molecule has 7 heteroatoms. The number of nitrogens with one attached hydrogen (secondary N) is 1. The number of halogens is 1. The van der Waals surface area contributed by atoms with E-state index in [9.17, 15) is 14.0 Å². The summed E-state index contributed by atoms with van der Waals surface area (Å²) in [6.07, 6.45) is 4.79. The molecule has 108 valence electrons. The molecule has 2 aromatic heterocycles. The Hall–Kier alpha value is -2.54. The number of aliphatic carboxylic acids is 1. The Labute approximate surface area is 123 Å². The van der Waals surface area contributed by atoms with Gasteiger partial charge in [-0.1, -0.05) is 0 Å². The fraction of sp³-hybridized carbons (Fsp3) is 0.0714. The largest absolute Gasteiger partial charge is 0.478 e. The van der Waals surface area contributed by atoms with E-state index >= 15 is 0 Å². The number of rotatable bonds is 5. The van der Waals surface area contributed by atoms with Crippen molar-refractivity contribution < 1.29 is 19.1 Å². The third-order valence-corrected chi connectivity index (χ3v) is 3.55. The lowest BCUT2D eigenvalue weighted by Crippen LogP contribution is -2.23. The number of carbonyl (C=O) groups excluding carboxylic acids is 1. The third-order valence-electron chi connectivity index (χ3n) is 2.61. The molecule has 0 saturated carbocycles. The van der Waals surface area contributed by atoms with Crippen molar-refractivity contribution in [1.29, 1.82) is 0 Å². The van der Waals surface area contributed by atoms with Gasteiger partial charge in [0.1, 0.15) is 0 Å². The predicted octanol–water partition coefficient (Wildman–Crippen LogP) is 2.31. The van der Waals surface area contributed by atoms with E-state index in [1.165, 1.54) is 29.7 Å². The zero-order valence-corrected chi connectivity index (χ0v) is 11.6. The van der Waals surface area contributed by atoms with Crippen LogP contribution in [0.4, 0.5) is 4.39 Å². The summed E-state index contributed by atoms with van der Waals surface area (Å²) in [5.74, 6) is -2.28. The van der Waals surface area contributed by atoms with Gasteiger partial charge in [0.15, 0.2) is 5.82 Å². The highest BCUT2D eigenvalue weighted by atomic mass is 32.1. The van der Waals surface area contributed by atoms with Crippen LogP contribution >= 0.6 is 11.3 Å². The molecule has 0 unspecified atom stereocenters. The minimum absolute atomic E-state index is 0.0795. The molecule has 0 spiro atoms. The summed E-state index contributed by atoms with van der Waals surface area (Å²) >= 11 is 1.38. The summed E-state index contributed by atoms with van der Waals surface area (Å²) in [6.45, 7) is 0.192. The van der Waals surface area contributed by atoms with Crippen LogP contribution in [0.1, 0.15) is 20.8 Å². The van der Waals surface area contributed by atoms with Gasteiger partial charge in [-0.05, 0) is 29.2 Å². The van der Waals surface area contributed by atoms with Gasteiger partial charge in [0.2, 0.25) is 0 Å². The molecule has 2 N–H and O–H groups in total. The Balaban J connectivity index is 2.04. The number of amides is 1. The Morgan fingerprint density at radius 1 is 1.43 bits per heavy atom. The molecule has 0 saturated heterocycles. The van der Waals surface area contributed by atoms with Crippen LogP contribution in [0.25, 0.3) is 6.08 Å². The molecule has 1 amide bonds. The second-order valence-corrected chi connectivity index (χ2v) is 5.01. The fourth-order valence-corrected chi connectivity index (χ4v) is 2.43. The van der Waals surface area contributed by atoms with Crippen molar-refractivity contribution in [2.45, 2.75) is 6.54 Å². The van der Waals surface area contributed by atoms with E-state index < -0.39 is 17.7 Å². The number of hydrogen-bond acceptors (Lipinski definition) is 4. The first kappa shape index (κ1) is 14.9. The average molecular weight is 306 g/mol. The number of carboxylic acids is 1. The zero-order valence-electron chi connectivity index (χ0n) is 10.7. The molecule has 0 aliphatic heterocycles. The Kier molecular flexibility index (Phi) is 4.78. The molecule has 2 heterocycles. The van der Waals surface area contributed by atoms with Crippen LogP contribution in [0.2, 0.25) is 0 Å². The molecular formula is C14H11FN2O3S. The van der Waals surface area contributed by atoms with Crippen LogP contribution in [0.15, 0.2) is 36.0 Å². The molecule has 2 rings (SSSR count). The van der Waals surface area contributed by atoms with Crippen LogP contribution in [0.3, 0.4) is 0 Å². The molecule has 0 bridgehead atoms. The van der Waals surface area contributed by atoms with E-state index in [1.54, 1.807) is 11.4 Å². The van der Waals surface area contributed by atoms with Crippen molar-refractivity contribution in [3.8, 4) is 0 Å². The summed E-state index contributed by atoms with van der Waals surface area (Å²) in [5.41, 5.74) is 0.627. The zero-order chi connectivity index (χ0) is 15.2. The van der Waals surface area contributed by atoms with Gasteiger partial charge >= 0.3 is 5.97 Å². The summed E-state index contributed by atoms with van der Waals surface area (Å²) < 4.78 is 13.4. The van der Waals surface area contributed by atoms with Crippen LogP contribution in [-0.2, 0) is 11.3 Å². The summed E-state index contributed by atoms with van der Waals surface area (Å²) in [6, 6.07) is 3.04. The average Bonchev–Trinajstić information content (AvgIpc) is 2.90. The maximum absolute atomic E-state index is 13.4. The quantitative estimate of drug-likeness (QED) is 0.831. The van der Waals surface area contributed by atoms with Gasteiger partial charge in [0, 0.05) is 17.2 Å². The van der Waals surface area contributed by atoms with Crippen molar-refractivity contribution in [3.63, 3.8) is 0 Å². The molecule has 2 aromatic rings. The molecule has 0 aliphatic rings. The Bertz CT molecular complexity index is 697. The lowest BCUT2D eigenvalue weighted by Gasteiger charge is -2.05. The second kappa shape index (κ2) is 6.76. The molecule has 5 nitrogen and oxygen atoms in total. The number of hydrogen-bond donors (Lipinski definition) is 2. The van der Waals surface area contributed by atoms with E-state index in [0.717, 1.165) is 17.2 Å². The molecule has 0 fully saturated rings. The monoisotopic (exact) mass is 306 g/mol. The predicted molar refractivity (Wildman–Crippen MR) is 76.4 cm³/mol. The van der Waals surface area contributed by atoms with Crippen molar-refractivity contribution in [1.82, 2.24) is 10.3 Å². The van der Waals surface area contributed by atoms with E-state index in [0.29, 0.717) is 5.56 Å².